The van der Waals surface area contributed by atoms with Crippen molar-refractivity contribution in [3.63, 3.8) is 0 Å². The van der Waals surface area contributed by atoms with Gasteiger partial charge in [0.1, 0.15) is 0 Å². The molecule has 0 aromatic heterocycles. The molecule has 4 nitrogen and oxygen atoms in total. The first kappa shape index (κ1) is 17.1. The van der Waals surface area contributed by atoms with Crippen molar-refractivity contribution in [1.29, 1.82) is 0 Å². The van der Waals surface area contributed by atoms with Crippen molar-refractivity contribution in [1.82, 2.24) is 4.90 Å². The molecule has 1 aromatic rings. The van der Waals surface area contributed by atoms with Gasteiger partial charge in [-0.2, -0.15) is 0 Å². The van der Waals surface area contributed by atoms with Crippen LogP contribution in [0.1, 0.15) is 44.1 Å². The number of aliphatic hydroxyl groups is 1. The number of benzene rings is 1. The van der Waals surface area contributed by atoms with Crippen LogP contribution in [0.3, 0.4) is 0 Å². The van der Waals surface area contributed by atoms with Crippen LogP contribution in [0, 0.1) is 0 Å². The molecular weight excluding hydrogens is 278 g/mol. The predicted octanol–water partition coefficient (Wildman–Crippen LogP) is 2.75. The molecule has 1 aliphatic rings. The monoisotopic (exact) mass is 305 g/mol. The Morgan fingerprint density at radius 2 is 1.95 bits per heavy atom. The van der Waals surface area contributed by atoms with Gasteiger partial charge in [0.15, 0.2) is 12.0 Å². The number of unbranched alkanes of at least 4 members (excludes halogenated alkanes) is 3. The molecule has 0 aliphatic carbocycles. The van der Waals surface area contributed by atoms with Crippen molar-refractivity contribution in [3.05, 3.63) is 35.9 Å². The zero-order chi connectivity index (χ0) is 15.7. The quantitative estimate of drug-likeness (QED) is 0.533. The molecule has 1 heterocycles. The molecule has 1 saturated heterocycles. The molecule has 1 aliphatic heterocycles. The van der Waals surface area contributed by atoms with Gasteiger partial charge in [-0.1, -0.05) is 43.2 Å². The number of hydrogen-bond acceptors (Lipinski definition) is 4. The second-order valence-electron chi connectivity index (χ2n) is 5.97. The Morgan fingerprint density at radius 1 is 1.18 bits per heavy atom. The Kier molecular flexibility index (Phi) is 7.03. The molecule has 4 heteroatoms. The summed E-state index contributed by atoms with van der Waals surface area (Å²) >= 11 is 0. The van der Waals surface area contributed by atoms with Crippen LogP contribution in [-0.2, 0) is 16.1 Å². The van der Waals surface area contributed by atoms with Crippen LogP contribution < -0.4 is 0 Å². The summed E-state index contributed by atoms with van der Waals surface area (Å²) in [7, 11) is 0. The largest absolute Gasteiger partial charge is 0.396 e. The van der Waals surface area contributed by atoms with Gasteiger partial charge in [0.2, 0.25) is 0 Å². The van der Waals surface area contributed by atoms with Crippen LogP contribution in [0.4, 0.5) is 0 Å². The Bertz CT molecular complexity index is 437. The van der Waals surface area contributed by atoms with Gasteiger partial charge >= 0.3 is 0 Å². The molecule has 0 radical (unpaired) electrons. The minimum atomic E-state index is -0.743. The van der Waals surface area contributed by atoms with Gasteiger partial charge in [-0.3, -0.25) is 9.69 Å². The van der Waals surface area contributed by atoms with E-state index in [0.717, 1.165) is 63.5 Å². The Morgan fingerprint density at radius 3 is 2.68 bits per heavy atom. The van der Waals surface area contributed by atoms with E-state index in [1.54, 1.807) is 0 Å². The van der Waals surface area contributed by atoms with E-state index >= 15 is 0 Å². The third-order valence-corrected chi connectivity index (χ3v) is 4.35. The van der Waals surface area contributed by atoms with E-state index in [1.165, 1.54) is 0 Å². The van der Waals surface area contributed by atoms with Crippen molar-refractivity contribution in [2.24, 2.45) is 0 Å². The zero-order valence-electron chi connectivity index (χ0n) is 13.2. The lowest BCUT2D eigenvalue weighted by molar-refractivity contribution is -0.160. The lowest BCUT2D eigenvalue weighted by atomic mass is 10.1. The second-order valence-corrected chi connectivity index (χ2v) is 5.97. The van der Waals surface area contributed by atoms with Crippen molar-refractivity contribution in [2.75, 3.05) is 19.7 Å². The number of carbonyl (C=O) groups is 1. The highest BCUT2D eigenvalue weighted by molar-refractivity contribution is 5.62. The smallest absolute Gasteiger partial charge is 0.178 e. The summed E-state index contributed by atoms with van der Waals surface area (Å²) in [5.41, 5.74) is 0.353. The zero-order valence-corrected chi connectivity index (χ0v) is 13.2. The SMILES string of the molecule is O=CC1(OCc2ccccc2)CCCN1CCCCCCO. The molecule has 0 bridgehead atoms. The van der Waals surface area contributed by atoms with E-state index in [0.29, 0.717) is 6.61 Å². The fraction of sp³-hybridized carbons (Fsp3) is 0.611. The highest BCUT2D eigenvalue weighted by Gasteiger charge is 2.41. The normalized spacial score (nSPS) is 22.0. The fourth-order valence-corrected chi connectivity index (χ4v) is 3.05. The molecule has 1 unspecified atom stereocenters. The number of hydrogen-bond donors (Lipinski definition) is 1. The Labute approximate surface area is 133 Å². The van der Waals surface area contributed by atoms with E-state index in [1.807, 2.05) is 30.3 Å². The molecule has 1 aromatic carbocycles. The summed E-state index contributed by atoms with van der Waals surface area (Å²) in [4.78, 5) is 13.9. The molecule has 0 amide bonds. The maximum atomic E-state index is 11.7. The summed E-state index contributed by atoms with van der Waals surface area (Å²) in [6.45, 7) is 2.55. The topological polar surface area (TPSA) is 49.8 Å². The molecule has 1 fully saturated rings. The van der Waals surface area contributed by atoms with E-state index in [-0.39, 0.29) is 6.61 Å². The Hall–Kier alpha value is -1.23. The number of rotatable bonds is 10. The number of ether oxygens (including phenoxy) is 1. The minimum Gasteiger partial charge on any atom is -0.396 e. The van der Waals surface area contributed by atoms with Crippen molar-refractivity contribution < 1.29 is 14.6 Å². The molecule has 122 valence electrons. The van der Waals surface area contributed by atoms with Crippen LogP contribution in [0.25, 0.3) is 0 Å². The lowest BCUT2D eigenvalue weighted by Gasteiger charge is -2.33. The standard InChI is InChI=1S/C18H27NO3/c20-14-7-2-1-6-12-19-13-8-11-18(19,16-21)22-15-17-9-4-3-5-10-17/h3-5,9-10,16,20H,1-2,6-8,11-15H2. The summed E-state index contributed by atoms with van der Waals surface area (Å²) in [5.74, 6) is 0. The number of nitrogens with zero attached hydrogens (tertiary/aromatic N) is 1. The molecule has 1 atom stereocenters. The number of aldehydes is 1. The van der Waals surface area contributed by atoms with Crippen LogP contribution in [0.2, 0.25) is 0 Å². The van der Waals surface area contributed by atoms with Gasteiger partial charge in [-0.25, -0.2) is 0 Å². The predicted molar refractivity (Wildman–Crippen MR) is 86.4 cm³/mol. The van der Waals surface area contributed by atoms with E-state index in [4.69, 9.17) is 9.84 Å². The average molecular weight is 305 g/mol. The molecule has 2 rings (SSSR count). The van der Waals surface area contributed by atoms with Gasteiger partial charge in [0, 0.05) is 19.7 Å². The van der Waals surface area contributed by atoms with Crippen LogP contribution in [0.5, 0.6) is 0 Å². The Balaban J connectivity index is 1.85. The fourth-order valence-electron chi connectivity index (χ4n) is 3.05. The first-order valence-corrected chi connectivity index (χ1v) is 8.31. The highest BCUT2D eigenvalue weighted by atomic mass is 16.5. The van der Waals surface area contributed by atoms with Gasteiger partial charge in [0.05, 0.1) is 6.61 Å². The van der Waals surface area contributed by atoms with E-state index in [9.17, 15) is 4.79 Å². The van der Waals surface area contributed by atoms with Crippen molar-refractivity contribution in [3.8, 4) is 0 Å². The summed E-state index contributed by atoms with van der Waals surface area (Å²) < 4.78 is 6.03. The summed E-state index contributed by atoms with van der Waals surface area (Å²) in [6.07, 6.45) is 6.81. The molecule has 1 N–H and O–H groups in total. The van der Waals surface area contributed by atoms with E-state index in [2.05, 4.69) is 4.90 Å². The number of aliphatic hydroxyl groups excluding tert-OH is 1. The van der Waals surface area contributed by atoms with Gasteiger partial charge in [0.25, 0.3) is 0 Å². The van der Waals surface area contributed by atoms with Crippen LogP contribution >= 0.6 is 0 Å². The highest BCUT2D eigenvalue weighted by Crippen LogP contribution is 2.30. The molecular formula is C18H27NO3. The average Bonchev–Trinajstić information content (AvgIpc) is 2.97. The molecule has 22 heavy (non-hydrogen) atoms. The summed E-state index contributed by atoms with van der Waals surface area (Å²) in [5, 5.41) is 8.80. The lowest BCUT2D eigenvalue weighted by Crippen LogP contribution is -2.48. The van der Waals surface area contributed by atoms with E-state index < -0.39 is 5.72 Å². The maximum Gasteiger partial charge on any atom is 0.178 e. The third-order valence-electron chi connectivity index (χ3n) is 4.35. The van der Waals surface area contributed by atoms with Crippen LogP contribution in [0.15, 0.2) is 30.3 Å². The van der Waals surface area contributed by atoms with Gasteiger partial charge in [-0.05, 0) is 31.2 Å². The van der Waals surface area contributed by atoms with Crippen molar-refractivity contribution >= 4 is 6.29 Å². The van der Waals surface area contributed by atoms with Gasteiger partial charge in [-0.15, -0.1) is 0 Å². The summed E-state index contributed by atoms with van der Waals surface area (Å²) in [6, 6.07) is 9.99. The third kappa shape index (κ3) is 4.63. The molecule has 0 saturated carbocycles. The maximum absolute atomic E-state index is 11.7. The van der Waals surface area contributed by atoms with Crippen LogP contribution in [-0.4, -0.2) is 41.7 Å². The second kappa shape index (κ2) is 9.03. The number of carbonyl (C=O) groups excluding carboxylic acids is 1. The van der Waals surface area contributed by atoms with Crippen molar-refractivity contribution in [2.45, 2.75) is 50.9 Å². The van der Waals surface area contributed by atoms with Gasteiger partial charge < -0.3 is 9.84 Å². The first-order chi connectivity index (χ1) is 10.8. The molecule has 0 spiro atoms. The minimum absolute atomic E-state index is 0.266. The number of likely N-dealkylation sites (tertiary alicyclic amines) is 1. The first-order valence-electron chi connectivity index (χ1n) is 8.31.